The first kappa shape index (κ1) is 17.2. The predicted molar refractivity (Wildman–Crippen MR) is 87.7 cm³/mol. The zero-order valence-corrected chi connectivity index (χ0v) is 13.6. The summed E-state index contributed by atoms with van der Waals surface area (Å²) in [6.07, 6.45) is 3.48. The van der Waals surface area contributed by atoms with Crippen LogP contribution in [0.5, 0.6) is 0 Å². The third-order valence-electron chi connectivity index (χ3n) is 2.96. The highest BCUT2D eigenvalue weighted by molar-refractivity contribution is 6.35. The number of nitrogens with zero attached hydrogens (tertiary/aromatic N) is 1. The van der Waals surface area contributed by atoms with Gasteiger partial charge in [0.15, 0.2) is 6.61 Å². The second-order valence-corrected chi connectivity index (χ2v) is 5.50. The molecule has 1 heterocycles. The van der Waals surface area contributed by atoms with Crippen LogP contribution < -0.4 is 5.32 Å². The van der Waals surface area contributed by atoms with Crippen LogP contribution in [0, 0.1) is 0 Å². The van der Waals surface area contributed by atoms with Crippen LogP contribution in [-0.2, 0) is 16.0 Å². The summed E-state index contributed by atoms with van der Waals surface area (Å²) in [7, 11) is 0. The van der Waals surface area contributed by atoms with Crippen LogP contribution in [0.3, 0.4) is 0 Å². The molecule has 0 aliphatic heterocycles. The van der Waals surface area contributed by atoms with E-state index in [1.54, 1.807) is 36.5 Å². The maximum Gasteiger partial charge on any atom is 0.340 e. The fourth-order valence-electron chi connectivity index (χ4n) is 1.81. The Balaban J connectivity index is 1.72. The quantitative estimate of drug-likeness (QED) is 0.811. The summed E-state index contributed by atoms with van der Waals surface area (Å²) in [5, 5.41) is 3.77. The van der Waals surface area contributed by atoms with Gasteiger partial charge in [-0.2, -0.15) is 0 Å². The number of carbonyl (C=O) groups is 2. The Morgan fingerprint density at radius 3 is 2.74 bits per heavy atom. The van der Waals surface area contributed by atoms with Crippen LogP contribution >= 0.6 is 23.2 Å². The van der Waals surface area contributed by atoms with Gasteiger partial charge in [0.1, 0.15) is 0 Å². The number of aromatic nitrogens is 1. The van der Waals surface area contributed by atoms with Crippen molar-refractivity contribution in [1.29, 1.82) is 0 Å². The number of benzene rings is 1. The molecule has 5 nitrogen and oxygen atoms in total. The van der Waals surface area contributed by atoms with Crippen molar-refractivity contribution in [2.75, 3.05) is 13.2 Å². The molecular weight excluding hydrogens is 339 g/mol. The number of amides is 1. The molecular formula is C16H14Cl2N2O3. The van der Waals surface area contributed by atoms with Gasteiger partial charge in [0.25, 0.3) is 5.91 Å². The van der Waals surface area contributed by atoms with Crippen LogP contribution in [0.4, 0.5) is 0 Å². The lowest BCUT2D eigenvalue weighted by Gasteiger charge is -2.08. The smallest absolute Gasteiger partial charge is 0.340 e. The summed E-state index contributed by atoms with van der Waals surface area (Å²) >= 11 is 11.9. The van der Waals surface area contributed by atoms with Crippen molar-refractivity contribution in [3.63, 3.8) is 0 Å². The van der Waals surface area contributed by atoms with E-state index in [4.69, 9.17) is 27.9 Å². The van der Waals surface area contributed by atoms with E-state index in [-0.39, 0.29) is 12.5 Å². The topological polar surface area (TPSA) is 68.3 Å². The van der Waals surface area contributed by atoms with Crippen molar-refractivity contribution in [2.45, 2.75) is 6.42 Å². The molecule has 1 N–H and O–H groups in total. The van der Waals surface area contributed by atoms with E-state index < -0.39 is 5.97 Å². The number of pyridine rings is 1. The summed E-state index contributed by atoms with van der Waals surface area (Å²) in [5.74, 6) is -0.971. The second-order valence-electron chi connectivity index (χ2n) is 4.65. The summed E-state index contributed by atoms with van der Waals surface area (Å²) in [6, 6.07) is 8.37. The summed E-state index contributed by atoms with van der Waals surface area (Å²) in [6.45, 7) is 0.0344. The molecule has 7 heteroatoms. The molecule has 0 saturated carbocycles. The van der Waals surface area contributed by atoms with Gasteiger partial charge in [-0.3, -0.25) is 9.78 Å². The molecule has 1 amide bonds. The lowest BCUT2D eigenvalue weighted by molar-refractivity contribution is -0.124. The van der Waals surface area contributed by atoms with Crippen molar-refractivity contribution >= 4 is 35.1 Å². The van der Waals surface area contributed by atoms with E-state index in [1.807, 2.05) is 0 Å². The number of ether oxygens (including phenoxy) is 1. The third kappa shape index (κ3) is 5.54. The number of nitrogens with one attached hydrogen (secondary N) is 1. The van der Waals surface area contributed by atoms with Crippen LogP contribution in [0.2, 0.25) is 10.0 Å². The van der Waals surface area contributed by atoms with Gasteiger partial charge in [-0.25, -0.2) is 4.79 Å². The lowest BCUT2D eigenvalue weighted by Crippen LogP contribution is -2.30. The highest BCUT2D eigenvalue weighted by Crippen LogP contribution is 2.20. The van der Waals surface area contributed by atoms with Gasteiger partial charge in [0.05, 0.1) is 5.56 Å². The van der Waals surface area contributed by atoms with Gasteiger partial charge in [-0.15, -0.1) is 0 Å². The van der Waals surface area contributed by atoms with Gasteiger partial charge in [0.2, 0.25) is 0 Å². The standard InChI is InChI=1S/C16H14Cl2N2O3/c17-13-4-3-11(14(18)8-13)5-7-20-15(21)10-23-16(22)12-2-1-6-19-9-12/h1-4,6,8-9H,5,7,10H2,(H,20,21). The minimum absolute atomic E-state index is 0.299. The van der Waals surface area contributed by atoms with Gasteiger partial charge in [0, 0.05) is 29.0 Å². The van der Waals surface area contributed by atoms with Crippen LogP contribution in [0.15, 0.2) is 42.7 Å². The molecule has 0 unspecified atom stereocenters. The molecule has 0 atom stereocenters. The molecule has 0 spiro atoms. The van der Waals surface area contributed by atoms with E-state index in [9.17, 15) is 9.59 Å². The minimum Gasteiger partial charge on any atom is -0.452 e. The first-order valence-corrected chi connectivity index (χ1v) is 7.59. The Hall–Kier alpha value is -2.11. The van der Waals surface area contributed by atoms with Crippen molar-refractivity contribution in [3.05, 3.63) is 63.9 Å². The highest BCUT2D eigenvalue weighted by Gasteiger charge is 2.10. The number of rotatable bonds is 6. The van der Waals surface area contributed by atoms with E-state index in [0.29, 0.717) is 28.6 Å². The van der Waals surface area contributed by atoms with E-state index >= 15 is 0 Å². The van der Waals surface area contributed by atoms with Crippen molar-refractivity contribution in [3.8, 4) is 0 Å². The molecule has 0 radical (unpaired) electrons. The second kappa shape index (κ2) is 8.50. The largest absolute Gasteiger partial charge is 0.452 e. The van der Waals surface area contributed by atoms with E-state index in [0.717, 1.165) is 5.56 Å². The van der Waals surface area contributed by atoms with Crippen LogP contribution in [-0.4, -0.2) is 30.0 Å². The molecule has 0 aliphatic rings. The van der Waals surface area contributed by atoms with Crippen molar-refractivity contribution in [1.82, 2.24) is 10.3 Å². The fourth-order valence-corrected chi connectivity index (χ4v) is 2.31. The van der Waals surface area contributed by atoms with Crippen LogP contribution in [0.25, 0.3) is 0 Å². The Kier molecular flexibility index (Phi) is 6.38. The zero-order chi connectivity index (χ0) is 16.7. The predicted octanol–water partition coefficient (Wildman–Crippen LogP) is 2.90. The summed E-state index contributed by atoms with van der Waals surface area (Å²) < 4.78 is 4.90. The molecule has 2 aromatic rings. The highest BCUT2D eigenvalue weighted by atomic mass is 35.5. The molecule has 120 valence electrons. The third-order valence-corrected chi connectivity index (χ3v) is 3.55. The average molecular weight is 353 g/mol. The monoisotopic (exact) mass is 352 g/mol. The maximum atomic E-state index is 11.7. The number of esters is 1. The summed E-state index contributed by atoms with van der Waals surface area (Å²) in [4.78, 5) is 27.1. The number of carbonyl (C=O) groups excluding carboxylic acids is 2. The van der Waals surface area contributed by atoms with Crippen LogP contribution in [0.1, 0.15) is 15.9 Å². The van der Waals surface area contributed by atoms with Gasteiger partial charge < -0.3 is 10.1 Å². The molecule has 0 aliphatic carbocycles. The Morgan fingerprint density at radius 2 is 2.04 bits per heavy atom. The molecule has 2 rings (SSSR count). The number of hydrogen-bond donors (Lipinski definition) is 1. The molecule has 0 saturated heterocycles. The molecule has 1 aromatic carbocycles. The molecule has 23 heavy (non-hydrogen) atoms. The Morgan fingerprint density at radius 1 is 1.22 bits per heavy atom. The number of hydrogen-bond acceptors (Lipinski definition) is 4. The van der Waals surface area contributed by atoms with E-state index in [1.165, 1.54) is 6.20 Å². The van der Waals surface area contributed by atoms with Gasteiger partial charge >= 0.3 is 5.97 Å². The van der Waals surface area contributed by atoms with Gasteiger partial charge in [-0.05, 0) is 36.2 Å². The molecule has 0 bridgehead atoms. The normalized spacial score (nSPS) is 10.2. The molecule has 0 fully saturated rings. The van der Waals surface area contributed by atoms with E-state index in [2.05, 4.69) is 10.3 Å². The fraction of sp³-hybridized carbons (Fsp3) is 0.188. The average Bonchev–Trinajstić information content (AvgIpc) is 2.55. The summed E-state index contributed by atoms with van der Waals surface area (Å²) in [5.41, 5.74) is 1.18. The molecule has 1 aromatic heterocycles. The number of halogens is 2. The first-order valence-electron chi connectivity index (χ1n) is 6.84. The van der Waals surface area contributed by atoms with Crippen molar-refractivity contribution in [2.24, 2.45) is 0 Å². The van der Waals surface area contributed by atoms with Crippen molar-refractivity contribution < 1.29 is 14.3 Å². The zero-order valence-electron chi connectivity index (χ0n) is 12.1. The Labute approximate surface area is 143 Å². The minimum atomic E-state index is -0.589. The Bertz CT molecular complexity index is 693. The SMILES string of the molecule is O=C(COC(=O)c1cccnc1)NCCc1ccc(Cl)cc1Cl. The maximum absolute atomic E-state index is 11.7. The first-order chi connectivity index (χ1) is 11.1. The van der Waals surface area contributed by atoms with Gasteiger partial charge in [-0.1, -0.05) is 29.3 Å². The lowest BCUT2D eigenvalue weighted by atomic mass is 10.1.